The Morgan fingerprint density at radius 3 is 2.31 bits per heavy atom. The number of carbonyl (C=O) groups is 1. The predicted molar refractivity (Wildman–Crippen MR) is 147 cm³/mol. The molecule has 0 saturated heterocycles. The number of hydrogen-bond donors (Lipinski definition) is 0. The van der Waals surface area contributed by atoms with Crippen LogP contribution in [-0.4, -0.2) is 18.5 Å². The van der Waals surface area contributed by atoms with Crippen molar-refractivity contribution in [2.75, 3.05) is 7.11 Å². The molecule has 3 fully saturated rings. The fraction of sp³-hybridized carbons (Fsp3) is 0.909. The first-order valence-electron chi connectivity index (χ1n) is 14.8. The van der Waals surface area contributed by atoms with Gasteiger partial charge in [0.1, 0.15) is 0 Å². The molecule has 0 radical (unpaired) electrons. The van der Waals surface area contributed by atoms with Crippen molar-refractivity contribution in [3.63, 3.8) is 0 Å². The van der Waals surface area contributed by atoms with Gasteiger partial charge in [-0.3, -0.25) is 4.79 Å². The molecule has 0 spiro atoms. The number of rotatable bonds is 6. The highest BCUT2D eigenvalue weighted by atomic mass is 16.5. The van der Waals surface area contributed by atoms with Gasteiger partial charge in [-0.2, -0.15) is 0 Å². The Hall–Kier alpha value is -0.630. The molecule has 200 valence electrons. The van der Waals surface area contributed by atoms with Crippen molar-refractivity contribution in [3.05, 3.63) is 11.6 Å². The number of carbonyl (C=O) groups excluding carboxylic acids is 1. The lowest BCUT2D eigenvalue weighted by molar-refractivity contribution is -0.134. The Labute approximate surface area is 217 Å². The molecule has 4 aliphatic rings. The number of ketones is 1. The van der Waals surface area contributed by atoms with E-state index in [4.69, 9.17) is 4.74 Å². The van der Waals surface area contributed by atoms with Gasteiger partial charge < -0.3 is 4.74 Å². The molecule has 4 rings (SSSR count). The van der Waals surface area contributed by atoms with Crippen LogP contribution in [-0.2, 0) is 9.53 Å². The van der Waals surface area contributed by atoms with Crippen molar-refractivity contribution in [1.82, 2.24) is 0 Å². The van der Waals surface area contributed by atoms with Gasteiger partial charge in [0, 0.05) is 13.0 Å². The van der Waals surface area contributed by atoms with Gasteiger partial charge in [0.05, 0.1) is 5.60 Å². The highest BCUT2D eigenvalue weighted by molar-refractivity contribution is 5.94. The molecule has 2 heteroatoms. The number of hydrogen-bond acceptors (Lipinski definition) is 2. The second-order valence-electron chi connectivity index (χ2n) is 15.6. The highest BCUT2D eigenvalue weighted by Gasteiger charge is 2.66. The van der Waals surface area contributed by atoms with E-state index in [-0.39, 0.29) is 33.2 Å². The Balaban J connectivity index is 1.64. The van der Waals surface area contributed by atoms with Crippen LogP contribution in [0.1, 0.15) is 121 Å². The van der Waals surface area contributed by atoms with Gasteiger partial charge in [0.15, 0.2) is 5.78 Å². The van der Waals surface area contributed by atoms with Crippen molar-refractivity contribution in [2.24, 2.45) is 57.2 Å². The van der Waals surface area contributed by atoms with Crippen LogP contribution in [0.4, 0.5) is 0 Å². The van der Waals surface area contributed by atoms with Crippen LogP contribution >= 0.6 is 0 Å². The molecule has 0 heterocycles. The van der Waals surface area contributed by atoms with E-state index >= 15 is 0 Å². The van der Waals surface area contributed by atoms with E-state index < -0.39 is 0 Å². The minimum Gasteiger partial charge on any atom is -0.379 e. The van der Waals surface area contributed by atoms with E-state index in [0.717, 1.165) is 18.8 Å². The first kappa shape index (κ1) is 27.4. The van der Waals surface area contributed by atoms with Crippen LogP contribution in [0.3, 0.4) is 0 Å². The largest absolute Gasteiger partial charge is 0.379 e. The number of allylic oxidation sites excluding steroid dienone is 2. The fourth-order valence-electron chi connectivity index (χ4n) is 9.84. The van der Waals surface area contributed by atoms with Crippen LogP contribution in [0.25, 0.3) is 0 Å². The summed E-state index contributed by atoms with van der Waals surface area (Å²) >= 11 is 0. The summed E-state index contributed by atoms with van der Waals surface area (Å²) in [4.78, 5) is 13.7. The highest BCUT2D eigenvalue weighted by Crippen LogP contribution is 2.74. The molecule has 1 unspecified atom stereocenters. The summed E-state index contributed by atoms with van der Waals surface area (Å²) in [6.07, 6.45) is 12.0. The minimum absolute atomic E-state index is 0.0512. The molecule has 9 atom stereocenters. The average Bonchev–Trinajstić information content (AvgIpc) is 3.06. The van der Waals surface area contributed by atoms with Gasteiger partial charge in [-0.15, -0.1) is 0 Å². The predicted octanol–water partition coefficient (Wildman–Crippen LogP) is 8.88. The molecule has 0 bridgehead atoms. The molecule has 0 aromatic carbocycles. The van der Waals surface area contributed by atoms with Crippen LogP contribution in [0.15, 0.2) is 11.6 Å². The summed E-state index contributed by atoms with van der Waals surface area (Å²) < 4.78 is 5.74. The molecule has 0 aliphatic heterocycles. The summed E-state index contributed by atoms with van der Waals surface area (Å²) in [7, 11) is 1.84. The molecule has 3 saturated carbocycles. The summed E-state index contributed by atoms with van der Waals surface area (Å²) in [5, 5.41) is 0. The maximum Gasteiger partial charge on any atom is 0.159 e. The zero-order valence-electron chi connectivity index (χ0n) is 25.0. The molecule has 4 aliphatic carbocycles. The van der Waals surface area contributed by atoms with Gasteiger partial charge in [-0.1, -0.05) is 61.0 Å². The smallest absolute Gasteiger partial charge is 0.159 e. The third-order valence-electron chi connectivity index (χ3n) is 13.4. The van der Waals surface area contributed by atoms with Crippen molar-refractivity contribution >= 4 is 5.78 Å². The van der Waals surface area contributed by atoms with E-state index in [1.54, 1.807) is 5.57 Å². The van der Waals surface area contributed by atoms with Crippen molar-refractivity contribution in [1.29, 1.82) is 0 Å². The first-order valence-corrected chi connectivity index (χ1v) is 14.8. The molecule has 0 amide bonds. The van der Waals surface area contributed by atoms with Gasteiger partial charge in [0.25, 0.3) is 0 Å². The van der Waals surface area contributed by atoms with E-state index in [9.17, 15) is 4.79 Å². The Kier molecular flexibility index (Phi) is 6.82. The van der Waals surface area contributed by atoms with E-state index in [0.29, 0.717) is 29.5 Å². The van der Waals surface area contributed by atoms with E-state index in [2.05, 4.69) is 75.3 Å². The van der Waals surface area contributed by atoms with Crippen molar-refractivity contribution in [3.8, 4) is 0 Å². The molecule has 0 aromatic heterocycles. The summed E-state index contributed by atoms with van der Waals surface area (Å²) in [5.41, 5.74) is 2.35. The standard InChI is InChI=1S/C33H56O2/c1-21-18-26-27(34)19-25-24(31(26,8)20-22(21)2)13-16-33(10)28(14-17-32(25,33)9)30(6,7)23(3)12-15-29(4,5)35-11/h19,21-24,26,28H,12-18,20H2,1-11H3/t21-,22+,23-,24?,26+,28-,31-,32+,33-/m1/s1. The second kappa shape index (κ2) is 8.71. The minimum atomic E-state index is -0.0512. The normalized spacial score (nSPS) is 44.8. The van der Waals surface area contributed by atoms with Crippen LogP contribution < -0.4 is 0 Å². The van der Waals surface area contributed by atoms with Gasteiger partial charge >= 0.3 is 0 Å². The monoisotopic (exact) mass is 484 g/mol. The zero-order valence-corrected chi connectivity index (χ0v) is 25.0. The topological polar surface area (TPSA) is 26.3 Å². The molecular formula is C33H56O2. The fourth-order valence-corrected chi connectivity index (χ4v) is 9.84. The van der Waals surface area contributed by atoms with Crippen LogP contribution in [0.5, 0.6) is 0 Å². The van der Waals surface area contributed by atoms with E-state index in [1.807, 2.05) is 7.11 Å². The number of ether oxygens (including phenoxy) is 1. The number of fused-ring (bicyclic) bond motifs is 5. The SMILES string of the molecule is COC(C)(C)CC[C@@H](C)C(C)(C)[C@H]1CC[C@@]2(C)C3=CC(=O)[C@@H]4C[C@@H](C)[C@@H](C)C[C@]4(C)C3CC[C@]12C. The zero-order chi connectivity index (χ0) is 26.2. The maximum atomic E-state index is 13.7. The Bertz CT molecular complexity index is 866. The summed E-state index contributed by atoms with van der Waals surface area (Å²) in [6, 6.07) is 0. The quantitative estimate of drug-likeness (QED) is 0.376. The first-order chi connectivity index (χ1) is 16.0. The molecule has 0 N–H and O–H groups in total. The molecule has 0 aromatic rings. The van der Waals surface area contributed by atoms with Gasteiger partial charge in [-0.25, -0.2) is 0 Å². The lowest BCUT2D eigenvalue weighted by Crippen LogP contribution is -2.56. The van der Waals surface area contributed by atoms with Gasteiger partial charge in [-0.05, 0) is 123 Å². The lowest BCUT2D eigenvalue weighted by atomic mass is 9.41. The summed E-state index contributed by atoms with van der Waals surface area (Å²) in [5.74, 6) is 4.01. The number of methoxy groups -OCH3 is 1. The van der Waals surface area contributed by atoms with Crippen molar-refractivity contribution < 1.29 is 9.53 Å². The molecule has 2 nitrogen and oxygen atoms in total. The Morgan fingerprint density at radius 1 is 1.03 bits per heavy atom. The third kappa shape index (κ3) is 4.02. The van der Waals surface area contributed by atoms with Crippen LogP contribution in [0, 0.1) is 57.2 Å². The average molecular weight is 485 g/mol. The lowest BCUT2D eigenvalue weighted by Gasteiger charge is -2.62. The second-order valence-corrected chi connectivity index (χ2v) is 15.6. The maximum absolute atomic E-state index is 13.7. The summed E-state index contributed by atoms with van der Waals surface area (Å²) in [6.45, 7) is 24.5. The third-order valence-corrected chi connectivity index (χ3v) is 13.4. The Morgan fingerprint density at radius 2 is 1.69 bits per heavy atom. The van der Waals surface area contributed by atoms with Gasteiger partial charge in [0.2, 0.25) is 0 Å². The molecule has 35 heavy (non-hydrogen) atoms. The van der Waals surface area contributed by atoms with E-state index in [1.165, 1.54) is 38.5 Å². The molecular weight excluding hydrogens is 428 g/mol. The van der Waals surface area contributed by atoms with Crippen LogP contribution in [0.2, 0.25) is 0 Å². The van der Waals surface area contributed by atoms with Crippen molar-refractivity contribution in [2.45, 2.75) is 126 Å².